The van der Waals surface area contributed by atoms with Gasteiger partial charge in [-0.1, -0.05) is 59.5 Å². The Bertz CT molecular complexity index is 1040. The van der Waals surface area contributed by atoms with E-state index in [1.165, 1.54) is 6.07 Å². The van der Waals surface area contributed by atoms with Gasteiger partial charge in [-0.05, 0) is 35.2 Å². The number of aromatic nitrogens is 1. The first-order valence-corrected chi connectivity index (χ1v) is 9.66. The number of carboxylic acids is 1. The van der Waals surface area contributed by atoms with Gasteiger partial charge in [0.2, 0.25) is 0 Å². The summed E-state index contributed by atoms with van der Waals surface area (Å²) in [7, 11) is 0. The van der Waals surface area contributed by atoms with Crippen LogP contribution in [0.15, 0.2) is 59.4 Å². The fourth-order valence-electron chi connectivity index (χ4n) is 2.82. The SMILES string of the molecule is O=C(O)C[C@@H](Cc1ccc(-c2cccc(Cl)c2)cc1)NC(=O)c1cc(=O)[nH]s1. The summed E-state index contributed by atoms with van der Waals surface area (Å²) in [5.41, 5.74) is 2.50. The Balaban J connectivity index is 1.72. The van der Waals surface area contributed by atoms with Crippen molar-refractivity contribution in [1.29, 1.82) is 0 Å². The molecule has 1 heterocycles. The highest BCUT2D eigenvalue weighted by atomic mass is 35.5. The molecule has 0 saturated carbocycles. The van der Waals surface area contributed by atoms with Crippen LogP contribution >= 0.6 is 23.1 Å². The summed E-state index contributed by atoms with van der Waals surface area (Å²) in [6, 6.07) is 15.7. The molecule has 28 heavy (non-hydrogen) atoms. The maximum Gasteiger partial charge on any atom is 0.305 e. The van der Waals surface area contributed by atoms with E-state index in [0.29, 0.717) is 11.4 Å². The van der Waals surface area contributed by atoms with Gasteiger partial charge in [-0.25, -0.2) is 0 Å². The molecule has 1 aromatic heterocycles. The molecule has 0 bridgehead atoms. The minimum absolute atomic E-state index is 0.219. The van der Waals surface area contributed by atoms with Crippen LogP contribution in [0.1, 0.15) is 21.7 Å². The van der Waals surface area contributed by atoms with Gasteiger partial charge in [-0.2, -0.15) is 0 Å². The van der Waals surface area contributed by atoms with Crippen molar-refractivity contribution >= 4 is 35.0 Å². The maximum absolute atomic E-state index is 12.2. The summed E-state index contributed by atoms with van der Waals surface area (Å²) in [5.74, 6) is -1.48. The van der Waals surface area contributed by atoms with E-state index in [2.05, 4.69) is 9.69 Å². The van der Waals surface area contributed by atoms with Crippen molar-refractivity contribution in [3.05, 3.63) is 80.4 Å². The van der Waals surface area contributed by atoms with Crippen molar-refractivity contribution in [1.82, 2.24) is 9.69 Å². The Hall–Kier alpha value is -2.90. The number of carbonyl (C=O) groups excluding carboxylic acids is 1. The predicted molar refractivity (Wildman–Crippen MR) is 109 cm³/mol. The van der Waals surface area contributed by atoms with Gasteiger partial charge in [0.15, 0.2) is 0 Å². The number of amides is 1. The third-order valence-electron chi connectivity index (χ3n) is 4.10. The molecular formula is C20H17ClN2O4S. The van der Waals surface area contributed by atoms with E-state index in [4.69, 9.17) is 16.7 Å². The first kappa shape index (κ1) is 19.9. The van der Waals surface area contributed by atoms with Crippen LogP contribution in [0.2, 0.25) is 5.02 Å². The first-order valence-electron chi connectivity index (χ1n) is 8.47. The lowest BCUT2D eigenvalue weighted by atomic mass is 9.99. The van der Waals surface area contributed by atoms with Crippen LogP contribution in [-0.4, -0.2) is 27.4 Å². The molecule has 1 atom stereocenters. The van der Waals surface area contributed by atoms with Gasteiger partial charge in [0.05, 0.1) is 6.42 Å². The van der Waals surface area contributed by atoms with E-state index < -0.39 is 17.9 Å². The van der Waals surface area contributed by atoms with Gasteiger partial charge >= 0.3 is 5.97 Å². The standard InChI is InChI=1S/C20H17ClN2O4S/c21-15-3-1-2-14(9-15)13-6-4-12(5-7-13)8-16(10-19(25)26)22-20(27)17-11-18(24)23-28-17/h1-7,9,11,16H,8,10H2,(H,22,27)(H,23,24)(H,25,26)/t16-/m1/s1. The van der Waals surface area contributed by atoms with Gasteiger partial charge < -0.3 is 10.4 Å². The van der Waals surface area contributed by atoms with Gasteiger partial charge in [-0.15, -0.1) is 0 Å². The Morgan fingerprint density at radius 3 is 2.46 bits per heavy atom. The number of hydrogen-bond acceptors (Lipinski definition) is 4. The van der Waals surface area contributed by atoms with Crippen LogP contribution in [0.5, 0.6) is 0 Å². The van der Waals surface area contributed by atoms with Crippen molar-refractivity contribution < 1.29 is 14.7 Å². The zero-order valence-corrected chi connectivity index (χ0v) is 16.2. The molecule has 3 aromatic rings. The monoisotopic (exact) mass is 416 g/mol. The van der Waals surface area contributed by atoms with Crippen molar-refractivity contribution in [2.75, 3.05) is 0 Å². The highest BCUT2D eigenvalue weighted by Crippen LogP contribution is 2.23. The number of aromatic amines is 1. The Labute approximate surface area is 170 Å². The molecule has 3 rings (SSSR count). The van der Waals surface area contributed by atoms with Crippen LogP contribution in [0.3, 0.4) is 0 Å². The summed E-state index contributed by atoms with van der Waals surface area (Å²) in [5, 5.41) is 12.5. The van der Waals surface area contributed by atoms with E-state index in [9.17, 15) is 14.4 Å². The van der Waals surface area contributed by atoms with Gasteiger partial charge in [0, 0.05) is 17.1 Å². The number of carboxylic acid groups (broad SMARTS) is 1. The molecule has 0 saturated heterocycles. The highest BCUT2D eigenvalue weighted by Gasteiger charge is 2.19. The second-order valence-corrected chi connectivity index (χ2v) is 7.54. The van der Waals surface area contributed by atoms with Gasteiger partial charge in [-0.3, -0.25) is 18.8 Å². The quantitative estimate of drug-likeness (QED) is 0.548. The summed E-state index contributed by atoms with van der Waals surface area (Å²) < 4.78 is 2.44. The van der Waals surface area contributed by atoms with Gasteiger partial charge in [0.1, 0.15) is 4.88 Å². The number of aliphatic carboxylic acids is 1. The van der Waals surface area contributed by atoms with E-state index in [1.54, 1.807) is 6.07 Å². The summed E-state index contributed by atoms with van der Waals surface area (Å²) in [4.78, 5) is 34.8. The van der Waals surface area contributed by atoms with E-state index in [1.807, 2.05) is 42.5 Å². The van der Waals surface area contributed by atoms with Crippen LogP contribution in [-0.2, 0) is 11.2 Å². The molecular weight excluding hydrogens is 400 g/mol. The lowest BCUT2D eigenvalue weighted by Gasteiger charge is -2.17. The molecule has 0 spiro atoms. The molecule has 0 aliphatic carbocycles. The van der Waals surface area contributed by atoms with Crippen molar-refractivity contribution in [2.24, 2.45) is 0 Å². The van der Waals surface area contributed by atoms with Crippen LogP contribution in [0.4, 0.5) is 0 Å². The molecule has 0 aliphatic rings. The van der Waals surface area contributed by atoms with Crippen LogP contribution < -0.4 is 10.9 Å². The number of carbonyl (C=O) groups is 2. The number of benzene rings is 2. The molecule has 6 nitrogen and oxygen atoms in total. The lowest BCUT2D eigenvalue weighted by molar-refractivity contribution is -0.137. The average Bonchev–Trinajstić information content (AvgIpc) is 3.08. The molecule has 0 fully saturated rings. The molecule has 144 valence electrons. The second kappa shape index (κ2) is 8.86. The summed E-state index contributed by atoms with van der Waals surface area (Å²) in [6.07, 6.45) is 0.133. The van der Waals surface area contributed by atoms with E-state index >= 15 is 0 Å². The third-order valence-corrected chi connectivity index (χ3v) is 5.16. The molecule has 0 radical (unpaired) electrons. The summed E-state index contributed by atoms with van der Waals surface area (Å²) in [6.45, 7) is 0. The highest BCUT2D eigenvalue weighted by molar-refractivity contribution is 7.08. The molecule has 0 aliphatic heterocycles. The topological polar surface area (TPSA) is 99.3 Å². The smallest absolute Gasteiger partial charge is 0.305 e. The number of nitrogens with one attached hydrogen (secondary N) is 2. The minimum atomic E-state index is -1.01. The van der Waals surface area contributed by atoms with Gasteiger partial charge in [0.25, 0.3) is 11.5 Å². The molecule has 1 amide bonds. The third kappa shape index (κ3) is 5.31. The van der Waals surface area contributed by atoms with Crippen molar-refractivity contribution in [3.8, 4) is 11.1 Å². The zero-order valence-electron chi connectivity index (χ0n) is 14.6. The van der Waals surface area contributed by atoms with Crippen molar-refractivity contribution in [3.63, 3.8) is 0 Å². The van der Waals surface area contributed by atoms with E-state index in [0.717, 1.165) is 28.2 Å². The lowest BCUT2D eigenvalue weighted by Crippen LogP contribution is -2.37. The van der Waals surface area contributed by atoms with Crippen LogP contribution in [0, 0.1) is 0 Å². The van der Waals surface area contributed by atoms with E-state index in [-0.39, 0.29) is 16.9 Å². The minimum Gasteiger partial charge on any atom is -0.481 e. The fourth-order valence-corrected chi connectivity index (χ4v) is 3.60. The summed E-state index contributed by atoms with van der Waals surface area (Å²) >= 11 is 6.94. The molecule has 3 N–H and O–H groups in total. The largest absolute Gasteiger partial charge is 0.481 e. The first-order chi connectivity index (χ1) is 13.4. The average molecular weight is 417 g/mol. The predicted octanol–water partition coefficient (Wildman–Crippen LogP) is 3.57. The number of halogens is 1. The second-order valence-electron chi connectivity index (χ2n) is 6.26. The maximum atomic E-state index is 12.2. The number of hydrogen-bond donors (Lipinski definition) is 3. The molecule has 2 aromatic carbocycles. The normalized spacial score (nSPS) is 11.8. The Morgan fingerprint density at radius 1 is 1.11 bits per heavy atom. The fraction of sp³-hybridized carbons (Fsp3) is 0.150. The van der Waals surface area contributed by atoms with Crippen LogP contribution in [0.25, 0.3) is 11.1 Å². The molecule has 0 unspecified atom stereocenters. The number of rotatable bonds is 7. The Morgan fingerprint density at radius 2 is 1.86 bits per heavy atom. The number of H-pyrrole nitrogens is 1. The van der Waals surface area contributed by atoms with Crippen molar-refractivity contribution in [2.45, 2.75) is 18.9 Å². The molecule has 8 heteroatoms. The zero-order chi connectivity index (χ0) is 20.1. The Kier molecular flexibility index (Phi) is 6.28.